The summed E-state index contributed by atoms with van der Waals surface area (Å²) in [6, 6.07) is 4.41. The number of amides is 1. The van der Waals surface area contributed by atoms with Crippen LogP contribution in [0.15, 0.2) is 24.3 Å². The van der Waals surface area contributed by atoms with Crippen LogP contribution in [0.3, 0.4) is 0 Å². The van der Waals surface area contributed by atoms with Gasteiger partial charge in [-0.2, -0.15) is 8.78 Å². The molecule has 1 saturated heterocycles. The summed E-state index contributed by atoms with van der Waals surface area (Å²) in [4.78, 5) is 25.7. The minimum Gasteiger partial charge on any atom is -0.449 e. The molecule has 0 N–H and O–H groups in total. The number of rotatable bonds is 6. The van der Waals surface area contributed by atoms with E-state index in [1.807, 2.05) is 0 Å². The number of carbonyl (C=O) groups excluding carboxylic acids is 2. The molecule has 0 unspecified atom stereocenters. The molecule has 144 valence electrons. The highest BCUT2D eigenvalue weighted by molar-refractivity contribution is 7.91. The van der Waals surface area contributed by atoms with Crippen molar-refractivity contribution in [2.75, 3.05) is 18.6 Å². The Bertz CT molecular complexity index is 765. The van der Waals surface area contributed by atoms with Crippen LogP contribution in [0.1, 0.15) is 23.7 Å². The molecule has 1 aliphatic heterocycles. The van der Waals surface area contributed by atoms with Crippen molar-refractivity contribution in [2.24, 2.45) is 0 Å². The average molecular weight is 391 g/mol. The second-order valence-electron chi connectivity index (χ2n) is 5.96. The SMILES string of the molecule is C[C@@H](OC(=O)c1ccc(OC(F)F)cc1)C(=O)N(C)[C@H]1CCS(=O)(=O)C1. The fourth-order valence-corrected chi connectivity index (χ4v) is 4.37. The summed E-state index contributed by atoms with van der Waals surface area (Å²) in [6.07, 6.45) is -0.774. The maximum Gasteiger partial charge on any atom is 0.387 e. The Balaban J connectivity index is 1.94. The molecule has 1 heterocycles. The van der Waals surface area contributed by atoms with Gasteiger partial charge in [0, 0.05) is 13.1 Å². The summed E-state index contributed by atoms with van der Waals surface area (Å²) in [5, 5.41) is 0. The van der Waals surface area contributed by atoms with Crippen LogP contribution in [0.2, 0.25) is 0 Å². The summed E-state index contributed by atoms with van der Waals surface area (Å²) >= 11 is 0. The van der Waals surface area contributed by atoms with Crippen molar-refractivity contribution in [3.63, 3.8) is 0 Å². The van der Waals surface area contributed by atoms with E-state index in [2.05, 4.69) is 4.74 Å². The standard InChI is InChI=1S/C16H19F2NO6S/c1-10(14(20)19(2)12-7-8-26(22,23)9-12)24-15(21)11-3-5-13(6-4-11)25-16(17)18/h3-6,10,12,16H,7-9H2,1-2H3/t10-,12+/m1/s1. The quantitative estimate of drug-likeness (QED) is 0.683. The molecule has 2 rings (SSSR count). The summed E-state index contributed by atoms with van der Waals surface area (Å²) in [7, 11) is -1.68. The monoisotopic (exact) mass is 391 g/mol. The van der Waals surface area contributed by atoms with E-state index in [1.165, 1.54) is 43.1 Å². The lowest BCUT2D eigenvalue weighted by molar-refractivity contribution is -0.140. The zero-order valence-corrected chi connectivity index (χ0v) is 15.0. The van der Waals surface area contributed by atoms with Gasteiger partial charge in [0.25, 0.3) is 5.91 Å². The number of likely N-dealkylation sites (N-methyl/N-ethyl adjacent to an activating group) is 1. The molecular weight excluding hydrogens is 372 g/mol. The van der Waals surface area contributed by atoms with Gasteiger partial charge >= 0.3 is 12.6 Å². The van der Waals surface area contributed by atoms with E-state index in [4.69, 9.17) is 4.74 Å². The lowest BCUT2D eigenvalue weighted by Gasteiger charge is -2.26. The van der Waals surface area contributed by atoms with Gasteiger partial charge in [-0.25, -0.2) is 13.2 Å². The molecule has 1 aromatic carbocycles. The van der Waals surface area contributed by atoms with Crippen LogP contribution in [0.25, 0.3) is 0 Å². The number of nitrogens with zero attached hydrogens (tertiary/aromatic N) is 1. The zero-order valence-electron chi connectivity index (χ0n) is 14.2. The Morgan fingerprint density at radius 2 is 1.85 bits per heavy atom. The highest BCUT2D eigenvalue weighted by Crippen LogP contribution is 2.19. The first kappa shape index (κ1) is 20.1. The van der Waals surface area contributed by atoms with Gasteiger partial charge in [0.05, 0.1) is 17.1 Å². The number of carbonyl (C=O) groups is 2. The number of benzene rings is 1. The molecule has 7 nitrogen and oxygen atoms in total. The predicted molar refractivity (Wildman–Crippen MR) is 87.8 cm³/mol. The first-order chi connectivity index (χ1) is 12.1. The van der Waals surface area contributed by atoms with Gasteiger partial charge in [0.1, 0.15) is 5.75 Å². The third-order valence-corrected chi connectivity index (χ3v) is 5.80. The fourth-order valence-electron chi connectivity index (χ4n) is 2.60. The minimum absolute atomic E-state index is 0.0243. The predicted octanol–water partition coefficient (Wildman–Crippen LogP) is 1.48. The minimum atomic E-state index is -3.15. The van der Waals surface area contributed by atoms with Gasteiger partial charge < -0.3 is 14.4 Å². The van der Waals surface area contributed by atoms with E-state index < -0.39 is 40.5 Å². The molecule has 0 spiro atoms. The number of ether oxygens (including phenoxy) is 2. The van der Waals surface area contributed by atoms with Crippen molar-refractivity contribution in [2.45, 2.75) is 32.1 Å². The van der Waals surface area contributed by atoms with Gasteiger partial charge in [0.2, 0.25) is 0 Å². The second-order valence-corrected chi connectivity index (χ2v) is 8.19. The second kappa shape index (κ2) is 7.98. The molecule has 2 atom stereocenters. The lowest BCUT2D eigenvalue weighted by Crippen LogP contribution is -2.44. The molecule has 0 aromatic heterocycles. The Morgan fingerprint density at radius 3 is 2.35 bits per heavy atom. The first-order valence-corrected chi connectivity index (χ1v) is 9.64. The largest absolute Gasteiger partial charge is 0.449 e. The average Bonchev–Trinajstić information content (AvgIpc) is 2.93. The number of alkyl halides is 2. The van der Waals surface area contributed by atoms with Crippen LogP contribution in [0, 0.1) is 0 Å². The molecule has 1 aromatic rings. The molecule has 0 radical (unpaired) electrons. The molecule has 1 aliphatic rings. The van der Waals surface area contributed by atoms with Crippen LogP contribution in [0.5, 0.6) is 5.75 Å². The van der Waals surface area contributed by atoms with Crippen LogP contribution < -0.4 is 4.74 Å². The highest BCUT2D eigenvalue weighted by atomic mass is 32.2. The van der Waals surface area contributed by atoms with E-state index in [1.54, 1.807) is 0 Å². The van der Waals surface area contributed by atoms with Crippen molar-refractivity contribution in [3.8, 4) is 5.75 Å². The third kappa shape index (κ3) is 5.13. The maximum atomic E-state index is 12.3. The van der Waals surface area contributed by atoms with Crippen LogP contribution in [0.4, 0.5) is 8.78 Å². The Hall–Kier alpha value is -2.23. The fraction of sp³-hybridized carbons (Fsp3) is 0.500. The van der Waals surface area contributed by atoms with Crippen LogP contribution in [-0.4, -0.2) is 62.5 Å². The molecular formula is C16H19F2NO6S. The number of hydrogen-bond acceptors (Lipinski definition) is 6. The molecule has 1 fully saturated rings. The van der Waals surface area contributed by atoms with Gasteiger partial charge in [0.15, 0.2) is 15.9 Å². The van der Waals surface area contributed by atoms with Crippen molar-refractivity contribution >= 4 is 21.7 Å². The van der Waals surface area contributed by atoms with Crippen LogP contribution >= 0.6 is 0 Å². The number of sulfone groups is 1. The number of hydrogen-bond donors (Lipinski definition) is 0. The lowest BCUT2D eigenvalue weighted by atomic mass is 10.2. The van der Waals surface area contributed by atoms with Crippen molar-refractivity contribution in [1.29, 1.82) is 0 Å². The molecule has 0 saturated carbocycles. The van der Waals surface area contributed by atoms with E-state index in [0.717, 1.165) is 0 Å². The molecule has 0 bridgehead atoms. The summed E-state index contributed by atoms with van der Waals surface area (Å²) < 4.78 is 56.5. The smallest absolute Gasteiger partial charge is 0.387 e. The normalized spacial score (nSPS) is 19.8. The van der Waals surface area contributed by atoms with Crippen molar-refractivity contribution < 1.29 is 36.3 Å². The molecule has 26 heavy (non-hydrogen) atoms. The van der Waals surface area contributed by atoms with Gasteiger partial charge in [-0.15, -0.1) is 0 Å². The van der Waals surface area contributed by atoms with Crippen molar-refractivity contribution in [3.05, 3.63) is 29.8 Å². The summed E-state index contributed by atoms with van der Waals surface area (Å²) in [6.45, 7) is -1.59. The third-order valence-electron chi connectivity index (χ3n) is 4.05. The summed E-state index contributed by atoms with van der Waals surface area (Å²) in [5.41, 5.74) is 0.0670. The van der Waals surface area contributed by atoms with Gasteiger partial charge in [-0.1, -0.05) is 0 Å². The molecule has 10 heteroatoms. The van der Waals surface area contributed by atoms with Crippen LogP contribution in [-0.2, 0) is 19.4 Å². The Labute approximate surface area is 149 Å². The number of esters is 1. The zero-order chi connectivity index (χ0) is 19.5. The van der Waals surface area contributed by atoms with E-state index >= 15 is 0 Å². The Kier molecular flexibility index (Phi) is 6.17. The molecule has 1 amide bonds. The van der Waals surface area contributed by atoms with E-state index in [9.17, 15) is 26.8 Å². The highest BCUT2D eigenvalue weighted by Gasteiger charge is 2.35. The van der Waals surface area contributed by atoms with E-state index in [-0.39, 0.29) is 22.8 Å². The first-order valence-electron chi connectivity index (χ1n) is 7.82. The molecule has 0 aliphatic carbocycles. The van der Waals surface area contributed by atoms with E-state index in [0.29, 0.717) is 6.42 Å². The van der Waals surface area contributed by atoms with Gasteiger partial charge in [-0.3, -0.25) is 4.79 Å². The van der Waals surface area contributed by atoms with Gasteiger partial charge in [-0.05, 0) is 37.6 Å². The Morgan fingerprint density at radius 1 is 1.23 bits per heavy atom. The van der Waals surface area contributed by atoms with Crippen molar-refractivity contribution in [1.82, 2.24) is 4.90 Å². The number of halogens is 2. The summed E-state index contributed by atoms with van der Waals surface area (Å²) in [5.74, 6) is -1.51. The maximum absolute atomic E-state index is 12.3. The topological polar surface area (TPSA) is 90.0 Å².